The zero-order valence-corrected chi connectivity index (χ0v) is 12.3. The van der Waals surface area contributed by atoms with Gasteiger partial charge in [0.25, 0.3) is 0 Å². The molecule has 110 valence electrons. The molecule has 1 aliphatic rings. The van der Waals surface area contributed by atoms with Crippen molar-refractivity contribution in [3.8, 4) is 5.75 Å². The molecule has 2 rings (SSSR count). The van der Waals surface area contributed by atoms with Crippen molar-refractivity contribution in [3.63, 3.8) is 0 Å². The van der Waals surface area contributed by atoms with Gasteiger partial charge < -0.3 is 9.84 Å². The molecule has 0 bridgehead atoms. The summed E-state index contributed by atoms with van der Waals surface area (Å²) in [6.45, 7) is 7.50. The molecule has 0 saturated carbocycles. The molecule has 0 amide bonds. The van der Waals surface area contributed by atoms with Gasteiger partial charge in [-0.1, -0.05) is 0 Å². The number of nitrogens with zero attached hydrogens (tertiary/aromatic N) is 1. The van der Waals surface area contributed by atoms with Gasteiger partial charge in [-0.3, -0.25) is 4.90 Å². The standard InChI is InChI=1S/C16H23NO3/c1-16(2)9-3-10-17(16)11-4-12-20-14-7-5-13(6-8-14)15(18)19/h5-8H,3-4,9-12H2,1-2H3,(H,18,19). The Morgan fingerprint density at radius 2 is 2.05 bits per heavy atom. The zero-order valence-electron chi connectivity index (χ0n) is 12.3. The van der Waals surface area contributed by atoms with Gasteiger partial charge >= 0.3 is 5.97 Å². The summed E-state index contributed by atoms with van der Waals surface area (Å²) in [5.74, 6) is -0.177. The lowest BCUT2D eigenvalue weighted by atomic mass is 10.0. The summed E-state index contributed by atoms with van der Waals surface area (Å²) in [7, 11) is 0. The van der Waals surface area contributed by atoms with E-state index in [1.165, 1.54) is 19.4 Å². The maximum absolute atomic E-state index is 10.7. The van der Waals surface area contributed by atoms with Crippen LogP contribution in [0.15, 0.2) is 24.3 Å². The minimum atomic E-state index is -0.909. The number of ether oxygens (including phenoxy) is 1. The summed E-state index contributed by atoms with van der Waals surface area (Å²) >= 11 is 0. The van der Waals surface area contributed by atoms with Crippen LogP contribution in [0.4, 0.5) is 0 Å². The van der Waals surface area contributed by atoms with Crippen LogP contribution in [-0.2, 0) is 0 Å². The van der Waals surface area contributed by atoms with E-state index < -0.39 is 5.97 Å². The van der Waals surface area contributed by atoms with Gasteiger partial charge in [0.05, 0.1) is 12.2 Å². The third-order valence-corrected chi connectivity index (χ3v) is 4.02. The number of aromatic carboxylic acids is 1. The first kappa shape index (κ1) is 14.9. The number of carbonyl (C=O) groups is 1. The minimum Gasteiger partial charge on any atom is -0.494 e. The van der Waals surface area contributed by atoms with E-state index in [9.17, 15) is 4.79 Å². The highest BCUT2D eigenvalue weighted by Crippen LogP contribution is 2.27. The Morgan fingerprint density at radius 3 is 2.60 bits per heavy atom. The molecule has 0 unspecified atom stereocenters. The van der Waals surface area contributed by atoms with E-state index in [2.05, 4.69) is 18.7 Å². The monoisotopic (exact) mass is 277 g/mol. The van der Waals surface area contributed by atoms with Crippen molar-refractivity contribution in [1.82, 2.24) is 4.90 Å². The van der Waals surface area contributed by atoms with Crippen LogP contribution in [0, 0.1) is 0 Å². The van der Waals surface area contributed by atoms with E-state index in [0.29, 0.717) is 12.1 Å². The molecule has 1 fully saturated rings. The van der Waals surface area contributed by atoms with Gasteiger partial charge in [0.15, 0.2) is 0 Å². The first-order valence-electron chi connectivity index (χ1n) is 7.20. The highest BCUT2D eigenvalue weighted by molar-refractivity contribution is 5.87. The second kappa shape index (κ2) is 6.27. The van der Waals surface area contributed by atoms with E-state index in [1.54, 1.807) is 24.3 Å². The summed E-state index contributed by atoms with van der Waals surface area (Å²) in [5.41, 5.74) is 0.611. The van der Waals surface area contributed by atoms with Gasteiger partial charge in [-0.2, -0.15) is 0 Å². The van der Waals surface area contributed by atoms with Gasteiger partial charge in [-0.05, 0) is 63.9 Å². The fourth-order valence-electron chi connectivity index (χ4n) is 2.72. The molecule has 0 radical (unpaired) electrons. The molecule has 20 heavy (non-hydrogen) atoms. The van der Waals surface area contributed by atoms with E-state index >= 15 is 0 Å². The van der Waals surface area contributed by atoms with Gasteiger partial charge in [0.1, 0.15) is 5.75 Å². The lowest BCUT2D eigenvalue weighted by Crippen LogP contribution is -2.39. The van der Waals surface area contributed by atoms with Crippen LogP contribution in [-0.4, -0.2) is 41.2 Å². The lowest BCUT2D eigenvalue weighted by molar-refractivity contribution is 0.0697. The third-order valence-electron chi connectivity index (χ3n) is 4.02. The minimum absolute atomic E-state index is 0.288. The average molecular weight is 277 g/mol. The Kier molecular flexibility index (Phi) is 4.65. The normalized spacial score (nSPS) is 18.1. The largest absolute Gasteiger partial charge is 0.494 e. The molecule has 1 heterocycles. The summed E-state index contributed by atoms with van der Waals surface area (Å²) in [5, 5.41) is 8.81. The fourth-order valence-corrected chi connectivity index (χ4v) is 2.72. The first-order chi connectivity index (χ1) is 9.49. The van der Waals surface area contributed by atoms with E-state index in [4.69, 9.17) is 9.84 Å². The number of benzene rings is 1. The molecule has 0 aromatic heterocycles. The predicted octanol–water partition coefficient (Wildman–Crippen LogP) is 3.03. The van der Waals surface area contributed by atoms with Gasteiger partial charge in [-0.15, -0.1) is 0 Å². The molecule has 1 saturated heterocycles. The summed E-state index contributed by atoms with van der Waals surface area (Å²) in [6, 6.07) is 6.56. The quantitative estimate of drug-likeness (QED) is 0.812. The Hall–Kier alpha value is -1.55. The molecule has 1 aromatic rings. The summed E-state index contributed by atoms with van der Waals surface area (Å²) < 4.78 is 5.65. The third kappa shape index (κ3) is 3.73. The number of carboxylic acids is 1. The molecule has 1 aromatic carbocycles. The SMILES string of the molecule is CC1(C)CCCN1CCCOc1ccc(C(=O)O)cc1. The summed E-state index contributed by atoms with van der Waals surface area (Å²) in [4.78, 5) is 13.3. The second-order valence-corrected chi connectivity index (χ2v) is 5.93. The van der Waals surface area contributed by atoms with Crippen molar-refractivity contribution < 1.29 is 14.6 Å². The molecular weight excluding hydrogens is 254 g/mol. The average Bonchev–Trinajstić information content (AvgIpc) is 2.74. The highest BCUT2D eigenvalue weighted by Gasteiger charge is 2.30. The molecule has 0 spiro atoms. The van der Waals surface area contributed by atoms with Crippen molar-refractivity contribution in [2.75, 3.05) is 19.7 Å². The number of carboxylic acid groups (broad SMARTS) is 1. The Bertz CT molecular complexity index is 453. The Labute approximate surface area is 120 Å². The van der Waals surface area contributed by atoms with Crippen LogP contribution in [0.1, 0.15) is 43.5 Å². The zero-order chi connectivity index (χ0) is 14.6. The Balaban J connectivity index is 1.72. The predicted molar refractivity (Wildman–Crippen MR) is 78.4 cm³/mol. The maximum Gasteiger partial charge on any atom is 0.335 e. The van der Waals surface area contributed by atoms with Crippen molar-refractivity contribution >= 4 is 5.97 Å². The molecule has 0 aliphatic carbocycles. The second-order valence-electron chi connectivity index (χ2n) is 5.93. The smallest absolute Gasteiger partial charge is 0.335 e. The molecule has 0 atom stereocenters. The van der Waals surface area contributed by atoms with Crippen LogP contribution in [0.2, 0.25) is 0 Å². The topological polar surface area (TPSA) is 49.8 Å². The number of rotatable bonds is 6. The van der Waals surface area contributed by atoms with Gasteiger partial charge in [-0.25, -0.2) is 4.79 Å². The Morgan fingerprint density at radius 1 is 1.35 bits per heavy atom. The summed E-state index contributed by atoms with van der Waals surface area (Å²) in [6.07, 6.45) is 3.54. The molecular formula is C16H23NO3. The van der Waals surface area contributed by atoms with Gasteiger partial charge in [0.2, 0.25) is 0 Å². The first-order valence-corrected chi connectivity index (χ1v) is 7.20. The van der Waals surface area contributed by atoms with Crippen LogP contribution in [0.5, 0.6) is 5.75 Å². The fraction of sp³-hybridized carbons (Fsp3) is 0.562. The van der Waals surface area contributed by atoms with Gasteiger partial charge in [0, 0.05) is 12.1 Å². The van der Waals surface area contributed by atoms with E-state index in [-0.39, 0.29) is 5.56 Å². The number of hydrogen-bond acceptors (Lipinski definition) is 3. The molecule has 1 aliphatic heterocycles. The van der Waals surface area contributed by atoms with Crippen molar-refractivity contribution in [1.29, 1.82) is 0 Å². The molecule has 1 N–H and O–H groups in total. The van der Waals surface area contributed by atoms with Crippen molar-refractivity contribution in [2.45, 2.75) is 38.6 Å². The van der Waals surface area contributed by atoms with Crippen molar-refractivity contribution in [3.05, 3.63) is 29.8 Å². The lowest BCUT2D eigenvalue weighted by Gasteiger charge is -2.31. The van der Waals surface area contributed by atoms with Crippen LogP contribution >= 0.6 is 0 Å². The maximum atomic E-state index is 10.7. The molecule has 4 heteroatoms. The highest BCUT2D eigenvalue weighted by atomic mass is 16.5. The van der Waals surface area contributed by atoms with Crippen LogP contribution in [0.25, 0.3) is 0 Å². The van der Waals surface area contributed by atoms with Crippen LogP contribution < -0.4 is 4.74 Å². The van der Waals surface area contributed by atoms with E-state index in [0.717, 1.165) is 18.7 Å². The number of hydrogen-bond donors (Lipinski definition) is 1. The van der Waals surface area contributed by atoms with E-state index in [1.807, 2.05) is 0 Å². The van der Waals surface area contributed by atoms with Crippen molar-refractivity contribution in [2.24, 2.45) is 0 Å². The number of likely N-dealkylation sites (tertiary alicyclic amines) is 1. The van der Waals surface area contributed by atoms with Crippen LogP contribution in [0.3, 0.4) is 0 Å². The molecule has 4 nitrogen and oxygen atoms in total.